The molecule has 1 aromatic rings. The third-order valence-corrected chi connectivity index (χ3v) is 2.87. The number of hydrogen-bond donors (Lipinski definition) is 2. The SMILES string of the molecule is CNC(CCO)COc1ccccc1C(C)C. The standard InChI is InChI=1S/C14H23NO2/c1-11(2)13-6-4-5-7-14(13)17-10-12(15-3)8-9-16/h4-7,11-12,15-16H,8-10H2,1-3H3. The number of para-hydroxylation sites is 1. The molecule has 1 atom stereocenters. The summed E-state index contributed by atoms with van der Waals surface area (Å²) in [7, 11) is 1.89. The lowest BCUT2D eigenvalue weighted by Crippen LogP contribution is -2.32. The largest absolute Gasteiger partial charge is 0.492 e. The Kier molecular flexibility index (Phi) is 6.01. The molecule has 1 aromatic carbocycles. The average Bonchev–Trinajstić information content (AvgIpc) is 2.34. The lowest BCUT2D eigenvalue weighted by Gasteiger charge is -2.18. The molecule has 2 N–H and O–H groups in total. The van der Waals surface area contributed by atoms with E-state index in [4.69, 9.17) is 9.84 Å². The highest BCUT2D eigenvalue weighted by Crippen LogP contribution is 2.25. The van der Waals surface area contributed by atoms with Crippen molar-refractivity contribution < 1.29 is 9.84 Å². The molecule has 0 saturated carbocycles. The Morgan fingerprint density at radius 2 is 2.00 bits per heavy atom. The third-order valence-electron chi connectivity index (χ3n) is 2.87. The second kappa shape index (κ2) is 7.30. The van der Waals surface area contributed by atoms with E-state index in [1.54, 1.807) is 0 Å². The fourth-order valence-corrected chi connectivity index (χ4v) is 1.75. The normalized spacial score (nSPS) is 12.8. The summed E-state index contributed by atoms with van der Waals surface area (Å²) in [4.78, 5) is 0. The minimum Gasteiger partial charge on any atom is -0.492 e. The molecule has 0 bridgehead atoms. The molecule has 0 fully saturated rings. The van der Waals surface area contributed by atoms with Gasteiger partial charge in [0.05, 0.1) is 0 Å². The number of rotatable bonds is 7. The molecule has 0 heterocycles. The quantitative estimate of drug-likeness (QED) is 0.763. The number of ether oxygens (including phenoxy) is 1. The maximum Gasteiger partial charge on any atom is 0.122 e. The second-order valence-electron chi connectivity index (χ2n) is 4.50. The second-order valence-corrected chi connectivity index (χ2v) is 4.50. The van der Waals surface area contributed by atoms with Crippen molar-refractivity contribution in [1.29, 1.82) is 0 Å². The van der Waals surface area contributed by atoms with Crippen LogP contribution in [0.4, 0.5) is 0 Å². The number of aliphatic hydroxyl groups is 1. The van der Waals surface area contributed by atoms with Crippen molar-refractivity contribution >= 4 is 0 Å². The number of benzene rings is 1. The fourth-order valence-electron chi connectivity index (χ4n) is 1.75. The van der Waals surface area contributed by atoms with E-state index in [2.05, 4.69) is 25.2 Å². The van der Waals surface area contributed by atoms with E-state index >= 15 is 0 Å². The average molecular weight is 237 g/mol. The maximum atomic E-state index is 8.91. The predicted octanol–water partition coefficient (Wildman–Crippen LogP) is 2.16. The van der Waals surface area contributed by atoms with Crippen molar-refractivity contribution in [1.82, 2.24) is 5.32 Å². The molecule has 0 aliphatic heterocycles. The summed E-state index contributed by atoms with van der Waals surface area (Å²) < 4.78 is 5.83. The summed E-state index contributed by atoms with van der Waals surface area (Å²) in [6.45, 7) is 5.08. The van der Waals surface area contributed by atoms with Gasteiger partial charge in [-0.25, -0.2) is 0 Å². The first-order chi connectivity index (χ1) is 8.19. The van der Waals surface area contributed by atoms with Crippen molar-refractivity contribution in [2.24, 2.45) is 0 Å². The van der Waals surface area contributed by atoms with Crippen molar-refractivity contribution in [3.05, 3.63) is 29.8 Å². The van der Waals surface area contributed by atoms with Crippen LogP contribution < -0.4 is 10.1 Å². The highest BCUT2D eigenvalue weighted by atomic mass is 16.5. The Hall–Kier alpha value is -1.06. The minimum absolute atomic E-state index is 0.181. The van der Waals surface area contributed by atoms with Gasteiger partial charge in [0.25, 0.3) is 0 Å². The van der Waals surface area contributed by atoms with E-state index in [1.165, 1.54) is 5.56 Å². The summed E-state index contributed by atoms with van der Waals surface area (Å²) in [5, 5.41) is 12.0. The molecule has 17 heavy (non-hydrogen) atoms. The van der Waals surface area contributed by atoms with Gasteiger partial charge in [0.1, 0.15) is 12.4 Å². The smallest absolute Gasteiger partial charge is 0.122 e. The maximum absolute atomic E-state index is 8.91. The molecule has 3 heteroatoms. The van der Waals surface area contributed by atoms with Crippen molar-refractivity contribution in [3.63, 3.8) is 0 Å². The van der Waals surface area contributed by atoms with Crippen LogP contribution in [0.5, 0.6) is 5.75 Å². The van der Waals surface area contributed by atoms with Crippen molar-refractivity contribution in [2.45, 2.75) is 32.2 Å². The van der Waals surface area contributed by atoms with Crippen LogP contribution in [0.1, 0.15) is 31.7 Å². The summed E-state index contributed by atoms with van der Waals surface area (Å²) >= 11 is 0. The van der Waals surface area contributed by atoms with Crippen LogP contribution in [0.25, 0.3) is 0 Å². The summed E-state index contributed by atoms with van der Waals surface area (Å²) in [5.41, 5.74) is 1.23. The molecule has 1 unspecified atom stereocenters. The van der Waals surface area contributed by atoms with Crippen LogP contribution in [0, 0.1) is 0 Å². The Labute approximate surface area is 104 Å². The van der Waals surface area contributed by atoms with Crippen LogP contribution in [0.15, 0.2) is 24.3 Å². The van der Waals surface area contributed by atoms with Gasteiger partial charge in [-0.2, -0.15) is 0 Å². The highest BCUT2D eigenvalue weighted by Gasteiger charge is 2.10. The van der Waals surface area contributed by atoms with Gasteiger partial charge < -0.3 is 15.2 Å². The Bertz CT molecular complexity index is 326. The summed E-state index contributed by atoms with van der Waals surface area (Å²) in [6.07, 6.45) is 0.709. The van der Waals surface area contributed by atoms with Crippen LogP contribution in [0.3, 0.4) is 0 Å². The molecule has 0 radical (unpaired) electrons. The monoisotopic (exact) mass is 237 g/mol. The molecular formula is C14H23NO2. The van der Waals surface area contributed by atoms with Crippen molar-refractivity contribution in [2.75, 3.05) is 20.3 Å². The van der Waals surface area contributed by atoms with E-state index in [0.717, 1.165) is 5.75 Å². The number of nitrogens with one attached hydrogen (secondary N) is 1. The topological polar surface area (TPSA) is 41.5 Å². The van der Waals surface area contributed by atoms with E-state index in [9.17, 15) is 0 Å². The van der Waals surface area contributed by atoms with Gasteiger partial charge in [0.15, 0.2) is 0 Å². The Morgan fingerprint density at radius 1 is 1.29 bits per heavy atom. The molecule has 0 amide bonds. The zero-order valence-electron chi connectivity index (χ0n) is 10.9. The Balaban J connectivity index is 2.61. The van der Waals surface area contributed by atoms with Crippen LogP contribution in [0.2, 0.25) is 0 Å². The first-order valence-corrected chi connectivity index (χ1v) is 6.18. The summed E-state index contributed by atoms with van der Waals surface area (Å²) in [6, 6.07) is 8.31. The van der Waals surface area contributed by atoms with Crippen LogP contribution in [-0.4, -0.2) is 31.4 Å². The van der Waals surface area contributed by atoms with E-state index in [0.29, 0.717) is 18.9 Å². The van der Waals surface area contributed by atoms with Gasteiger partial charge in [-0.05, 0) is 31.0 Å². The lowest BCUT2D eigenvalue weighted by molar-refractivity contribution is 0.217. The third kappa shape index (κ3) is 4.36. The molecule has 0 spiro atoms. The van der Waals surface area contributed by atoms with Crippen LogP contribution in [-0.2, 0) is 0 Å². The van der Waals surface area contributed by atoms with E-state index in [1.807, 2.05) is 25.2 Å². The van der Waals surface area contributed by atoms with Crippen LogP contribution >= 0.6 is 0 Å². The molecule has 0 aliphatic rings. The van der Waals surface area contributed by atoms with Crippen molar-refractivity contribution in [3.8, 4) is 5.75 Å². The highest BCUT2D eigenvalue weighted by molar-refractivity contribution is 5.35. The van der Waals surface area contributed by atoms with Gasteiger partial charge in [-0.15, -0.1) is 0 Å². The first-order valence-electron chi connectivity index (χ1n) is 6.18. The molecule has 0 saturated heterocycles. The molecular weight excluding hydrogens is 214 g/mol. The Morgan fingerprint density at radius 3 is 2.59 bits per heavy atom. The van der Waals surface area contributed by atoms with Gasteiger partial charge >= 0.3 is 0 Å². The molecule has 3 nitrogen and oxygen atoms in total. The molecule has 1 rings (SSSR count). The predicted molar refractivity (Wildman–Crippen MR) is 70.6 cm³/mol. The minimum atomic E-state index is 0.181. The number of hydrogen-bond acceptors (Lipinski definition) is 3. The lowest BCUT2D eigenvalue weighted by atomic mass is 10.0. The zero-order chi connectivity index (χ0) is 12.7. The first kappa shape index (κ1) is 14.0. The van der Waals surface area contributed by atoms with Gasteiger partial charge in [-0.3, -0.25) is 0 Å². The van der Waals surface area contributed by atoms with E-state index in [-0.39, 0.29) is 12.6 Å². The number of likely N-dealkylation sites (N-methyl/N-ethyl adjacent to an activating group) is 1. The van der Waals surface area contributed by atoms with E-state index < -0.39 is 0 Å². The molecule has 96 valence electrons. The van der Waals surface area contributed by atoms with Gasteiger partial charge in [0.2, 0.25) is 0 Å². The van der Waals surface area contributed by atoms with Gasteiger partial charge in [0, 0.05) is 12.6 Å². The number of aliphatic hydroxyl groups excluding tert-OH is 1. The molecule has 0 aliphatic carbocycles. The van der Waals surface area contributed by atoms with Gasteiger partial charge in [-0.1, -0.05) is 32.0 Å². The fraction of sp³-hybridized carbons (Fsp3) is 0.571. The summed E-state index contributed by atoms with van der Waals surface area (Å²) in [5.74, 6) is 1.40. The molecule has 0 aromatic heterocycles. The zero-order valence-corrected chi connectivity index (χ0v) is 10.9.